The first-order valence-corrected chi connectivity index (χ1v) is 8.27. The van der Waals surface area contributed by atoms with Gasteiger partial charge in [0.1, 0.15) is 0 Å². The standard InChI is InChI=1S/C14H19N7OS/c1-4-5-20-8-12(18-19-20)17-13(22)15-6-11-7-21-9(2)10(3)23-14(21)16-11/h7-8H,4-6H2,1-3H3,(H2,15,17,22). The van der Waals surface area contributed by atoms with Gasteiger partial charge in [-0.15, -0.1) is 16.4 Å². The molecule has 0 aliphatic heterocycles. The van der Waals surface area contributed by atoms with Gasteiger partial charge in [0, 0.05) is 23.3 Å². The van der Waals surface area contributed by atoms with Crippen molar-refractivity contribution < 1.29 is 4.79 Å². The fraction of sp³-hybridized carbons (Fsp3) is 0.429. The molecule has 2 amide bonds. The van der Waals surface area contributed by atoms with E-state index < -0.39 is 0 Å². The first-order valence-electron chi connectivity index (χ1n) is 7.45. The zero-order valence-corrected chi connectivity index (χ0v) is 14.1. The highest BCUT2D eigenvalue weighted by Crippen LogP contribution is 2.21. The minimum Gasteiger partial charge on any atom is -0.332 e. The Balaban J connectivity index is 1.56. The molecule has 122 valence electrons. The molecule has 0 bridgehead atoms. The predicted octanol–water partition coefficient (Wildman–Crippen LogP) is 2.34. The monoisotopic (exact) mass is 333 g/mol. The van der Waals surface area contributed by atoms with Crippen molar-refractivity contribution in [1.29, 1.82) is 0 Å². The number of nitrogens with one attached hydrogen (secondary N) is 2. The maximum atomic E-state index is 11.9. The summed E-state index contributed by atoms with van der Waals surface area (Å²) in [7, 11) is 0. The number of aromatic nitrogens is 5. The Labute approximate surface area is 137 Å². The van der Waals surface area contributed by atoms with E-state index in [4.69, 9.17) is 0 Å². The lowest BCUT2D eigenvalue weighted by Gasteiger charge is -2.02. The fourth-order valence-corrected chi connectivity index (χ4v) is 3.18. The molecule has 9 heteroatoms. The van der Waals surface area contributed by atoms with Gasteiger partial charge in [-0.1, -0.05) is 12.1 Å². The molecular formula is C14H19N7OS. The second-order valence-corrected chi connectivity index (χ2v) is 6.48. The number of carbonyl (C=O) groups excluding carboxylic acids is 1. The van der Waals surface area contributed by atoms with Crippen LogP contribution in [-0.4, -0.2) is 30.4 Å². The van der Waals surface area contributed by atoms with Crippen molar-refractivity contribution >= 4 is 28.1 Å². The summed E-state index contributed by atoms with van der Waals surface area (Å²) in [5.41, 5.74) is 2.00. The van der Waals surface area contributed by atoms with Crippen LogP contribution in [0.25, 0.3) is 4.96 Å². The molecule has 3 aromatic heterocycles. The molecule has 0 unspecified atom stereocenters. The lowest BCUT2D eigenvalue weighted by atomic mass is 10.4. The molecule has 3 aromatic rings. The summed E-state index contributed by atoms with van der Waals surface area (Å²) in [5.74, 6) is 0.438. The van der Waals surface area contributed by atoms with E-state index in [1.807, 2.05) is 10.6 Å². The molecule has 0 radical (unpaired) electrons. The Kier molecular flexibility index (Phi) is 4.28. The number of carbonyl (C=O) groups is 1. The van der Waals surface area contributed by atoms with E-state index in [1.165, 1.54) is 10.6 Å². The van der Waals surface area contributed by atoms with Gasteiger partial charge < -0.3 is 5.32 Å². The molecule has 8 nitrogen and oxygen atoms in total. The third-order valence-corrected chi connectivity index (χ3v) is 4.57. The smallest absolute Gasteiger partial charge is 0.320 e. The molecule has 0 spiro atoms. The van der Waals surface area contributed by atoms with Crippen molar-refractivity contribution in [3.8, 4) is 0 Å². The average molecular weight is 333 g/mol. The summed E-state index contributed by atoms with van der Waals surface area (Å²) in [6.07, 6.45) is 4.62. The minimum absolute atomic E-state index is 0.321. The summed E-state index contributed by atoms with van der Waals surface area (Å²) >= 11 is 1.65. The van der Waals surface area contributed by atoms with Crippen molar-refractivity contribution in [3.05, 3.63) is 28.7 Å². The molecule has 0 saturated carbocycles. The van der Waals surface area contributed by atoms with Crippen molar-refractivity contribution in [2.24, 2.45) is 0 Å². The van der Waals surface area contributed by atoms with Crippen LogP contribution in [0.2, 0.25) is 0 Å². The number of thiazole rings is 1. The van der Waals surface area contributed by atoms with Crippen LogP contribution in [0, 0.1) is 13.8 Å². The molecule has 0 fully saturated rings. The number of rotatable bonds is 5. The Morgan fingerprint density at radius 2 is 2.17 bits per heavy atom. The lowest BCUT2D eigenvalue weighted by molar-refractivity contribution is 0.251. The molecule has 0 saturated heterocycles. The van der Waals surface area contributed by atoms with Gasteiger partial charge >= 0.3 is 6.03 Å². The predicted molar refractivity (Wildman–Crippen MR) is 88.7 cm³/mol. The second kappa shape index (κ2) is 6.37. The Hall–Kier alpha value is -2.42. The van der Waals surface area contributed by atoms with Gasteiger partial charge in [-0.05, 0) is 20.3 Å². The van der Waals surface area contributed by atoms with E-state index in [-0.39, 0.29) is 6.03 Å². The average Bonchev–Trinajstić information content (AvgIpc) is 3.17. The summed E-state index contributed by atoms with van der Waals surface area (Å²) in [6.45, 7) is 7.33. The number of aryl methyl sites for hydroxylation is 3. The lowest BCUT2D eigenvalue weighted by Crippen LogP contribution is -2.28. The Morgan fingerprint density at radius 1 is 1.35 bits per heavy atom. The van der Waals surface area contributed by atoms with Crippen molar-refractivity contribution in [3.63, 3.8) is 0 Å². The Morgan fingerprint density at radius 3 is 2.91 bits per heavy atom. The van der Waals surface area contributed by atoms with Crippen molar-refractivity contribution in [2.75, 3.05) is 5.32 Å². The van der Waals surface area contributed by atoms with Gasteiger partial charge in [0.25, 0.3) is 0 Å². The van der Waals surface area contributed by atoms with Gasteiger partial charge in [-0.3, -0.25) is 14.4 Å². The van der Waals surface area contributed by atoms with Crippen molar-refractivity contribution in [2.45, 2.75) is 40.3 Å². The number of fused-ring (bicyclic) bond motifs is 1. The minimum atomic E-state index is -0.321. The van der Waals surface area contributed by atoms with E-state index in [1.54, 1.807) is 22.2 Å². The van der Waals surface area contributed by atoms with Crippen LogP contribution >= 0.6 is 11.3 Å². The first-order chi connectivity index (χ1) is 11.1. The highest BCUT2D eigenvalue weighted by Gasteiger charge is 2.10. The summed E-state index contributed by atoms with van der Waals surface area (Å²) < 4.78 is 3.75. The third-order valence-electron chi connectivity index (χ3n) is 3.50. The second-order valence-electron chi connectivity index (χ2n) is 5.30. The number of hydrogen-bond acceptors (Lipinski definition) is 5. The molecule has 0 aliphatic carbocycles. The fourth-order valence-electron chi connectivity index (χ4n) is 2.21. The van der Waals surface area contributed by atoms with E-state index in [9.17, 15) is 4.79 Å². The third kappa shape index (κ3) is 3.34. The molecule has 23 heavy (non-hydrogen) atoms. The zero-order valence-electron chi connectivity index (χ0n) is 13.3. The topological polar surface area (TPSA) is 89.1 Å². The van der Waals surface area contributed by atoms with E-state index in [2.05, 4.69) is 46.7 Å². The zero-order chi connectivity index (χ0) is 16.4. The summed E-state index contributed by atoms with van der Waals surface area (Å²) in [4.78, 5) is 18.6. The largest absolute Gasteiger partial charge is 0.332 e. The number of nitrogens with zero attached hydrogens (tertiary/aromatic N) is 5. The van der Waals surface area contributed by atoms with E-state index >= 15 is 0 Å². The molecular weight excluding hydrogens is 314 g/mol. The number of hydrogen-bond donors (Lipinski definition) is 2. The maximum absolute atomic E-state index is 11.9. The van der Waals surface area contributed by atoms with Gasteiger partial charge in [0.15, 0.2) is 10.8 Å². The maximum Gasteiger partial charge on any atom is 0.320 e. The molecule has 2 N–H and O–H groups in total. The first kappa shape index (κ1) is 15.5. The van der Waals surface area contributed by atoms with Crippen LogP contribution in [0.3, 0.4) is 0 Å². The van der Waals surface area contributed by atoms with Gasteiger partial charge in [0.05, 0.1) is 18.4 Å². The molecule has 0 atom stereocenters. The van der Waals surface area contributed by atoms with Crippen LogP contribution in [0.4, 0.5) is 10.6 Å². The SMILES string of the molecule is CCCn1cc(NC(=O)NCc2cn3c(C)c(C)sc3n2)nn1. The number of urea groups is 1. The van der Waals surface area contributed by atoms with Crippen molar-refractivity contribution in [1.82, 2.24) is 29.7 Å². The number of anilines is 1. The highest BCUT2D eigenvalue weighted by atomic mass is 32.1. The quantitative estimate of drug-likeness (QED) is 0.750. The van der Waals surface area contributed by atoms with Gasteiger partial charge in [-0.25, -0.2) is 9.78 Å². The normalized spacial score (nSPS) is 11.1. The van der Waals surface area contributed by atoms with Gasteiger partial charge in [0.2, 0.25) is 0 Å². The van der Waals surface area contributed by atoms with E-state index in [0.717, 1.165) is 23.6 Å². The van der Waals surface area contributed by atoms with Crippen LogP contribution < -0.4 is 10.6 Å². The molecule has 3 rings (SSSR count). The highest BCUT2D eigenvalue weighted by molar-refractivity contribution is 7.17. The molecule has 0 aromatic carbocycles. The van der Waals surface area contributed by atoms with Crippen LogP contribution in [0.15, 0.2) is 12.4 Å². The molecule has 3 heterocycles. The van der Waals surface area contributed by atoms with Crippen LogP contribution in [-0.2, 0) is 13.1 Å². The Bertz CT molecular complexity index is 832. The number of amides is 2. The van der Waals surface area contributed by atoms with Gasteiger partial charge in [-0.2, -0.15) is 0 Å². The van der Waals surface area contributed by atoms with E-state index in [0.29, 0.717) is 12.4 Å². The molecule has 0 aliphatic rings. The van der Waals surface area contributed by atoms with Crippen LogP contribution in [0.5, 0.6) is 0 Å². The summed E-state index contributed by atoms with van der Waals surface area (Å²) in [6, 6.07) is -0.321. The summed E-state index contributed by atoms with van der Waals surface area (Å²) in [5, 5.41) is 13.3. The van der Waals surface area contributed by atoms with Crippen LogP contribution in [0.1, 0.15) is 29.6 Å². The number of imidazole rings is 1.